The number of thioether (sulfide) groups is 1. The second kappa shape index (κ2) is 4.73. The molecule has 0 spiro atoms. The Bertz CT molecular complexity index is 281. The monoisotopic (exact) mass is 212 g/mol. The molecule has 1 aliphatic rings. The Hall–Kier alpha value is -0.640. The maximum absolute atomic E-state index is 5.67. The Morgan fingerprint density at radius 2 is 2.36 bits per heavy atom. The van der Waals surface area contributed by atoms with Gasteiger partial charge in [0.1, 0.15) is 0 Å². The summed E-state index contributed by atoms with van der Waals surface area (Å²) >= 11 is 2.05. The van der Waals surface area contributed by atoms with Crippen molar-refractivity contribution in [1.82, 2.24) is 9.78 Å². The summed E-state index contributed by atoms with van der Waals surface area (Å²) in [5.74, 6) is 4.23. The standard InChI is InChI=1S/C10H16N2OS/c1-12-7-10(6-11-12)13-8-9-2-4-14-5-3-9/h6-7,9H,2-5,8H2,1H3. The van der Waals surface area contributed by atoms with Gasteiger partial charge in [-0.3, -0.25) is 4.68 Å². The molecule has 14 heavy (non-hydrogen) atoms. The van der Waals surface area contributed by atoms with E-state index in [1.165, 1.54) is 24.3 Å². The van der Waals surface area contributed by atoms with Crippen LogP contribution in [0.5, 0.6) is 5.75 Å². The molecule has 2 heterocycles. The zero-order valence-corrected chi connectivity index (χ0v) is 9.30. The van der Waals surface area contributed by atoms with Crippen LogP contribution in [0.1, 0.15) is 12.8 Å². The minimum Gasteiger partial charge on any atom is -0.490 e. The van der Waals surface area contributed by atoms with Crippen LogP contribution in [0, 0.1) is 5.92 Å². The molecule has 1 fully saturated rings. The van der Waals surface area contributed by atoms with Gasteiger partial charge in [-0.25, -0.2) is 0 Å². The fourth-order valence-electron chi connectivity index (χ4n) is 1.60. The second-order valence-corrected chi connectivity index (χ2v) is 4.94. The van der Waals surface area contributed by atoms with Gasteiger partial charge in [0.25, 0.3) is 0 Å². The van der Waals surface area contributed by atoms with Gasteiger partial charge in [0, 0.05) is 7.05 Å². The maximum atomic E-state index is 5.67. The molecule has 0 atom stereocenters. The van der Waals surface area contributed by atoms with Crippen molar-refractivity contribution in [1.29, 1.82) is 0 Å². The second-order valence-electron chi connectivity index (χ2n) is 3.72. The van der Waals surface area contributed by atoms with Crippen LogP contribution < -0.4 is 4.74 Å². The molecule has 1 aliphatic heterocycles. The number of nitrogens with zero attached hydrogens (tertiary/aromatic N) is 2. The zero-order chi connectivity index (χ0) is 9.80. The molecule has 3 nitrogen and oxygen atoms in total. The number of hydrogen-bond donors (Lipinski definition) is 0. The Balaban J connectivity index is 1.76. The van der Waals surface area contributed by atoms with Crippen LogP contribution in [-0.4, -0.2) is 27.9 Å². The fraction of sp³-hybridized carbons (Fsp3) is 0.700. The van der Waals surface area contributed by atoms with E-state index in [2.05, 4.69) is 16.9 Å². The molecule has 1 saturated heterocycles. The number of hydrogen-bond acceptors (Lipinski definition) is 3. The Morgan fingerprint density at radius 3 is 3.00 bits per heavy atom. The fourth-order valence-corrected chi connectivity index (χ4v) is 2.80. The van der Waals surface area contributed by atoms with Gasteiger partial charge >= 0.3 is 0 Å². The molecule has 0 unspecified atom stereocenters. The molecule has 1 aromatic heterocycles. The lowest BCUT2D eigenvalue weighted by Gasteiger charge is -2.20. The van der Waals surface area contributed by atoms with Gasteiger partial charge in [-0.15, -0.1) is 0 Å². The van der Waals surface area contributed by atoms with Crippen LogP contribution in [-0.2, 0) is 7.05 Å². The van der Waals surface area contributed by atoms with Crippen LogP contribution in [0.2, 0.25) is 0 Å². The van der Waals surface area contributed by atoms with Crippen LogP contribution in [0.25, 0.3) is 0 Å². The van der Waals surface area contributed by atoms with E-state index in [-0.39, 0.29) is 0 Å². The highest BCUT2D eigenvalue weighted by atomic mass is 32.2. The lowest BCUT2D eigenvalue weighted by Crippen LogP contribution is -2.17. The first kappa shape index (κ1) is 9.90. The molecule has 78 valence electrons. The molecule has 0 aliphatic carbocycles. The first-order valence-electron chi connectivity index (χ1n) is 5.04. The van der Waals surface area contributed by atoms with Crippen molar-refractivity contribution >= 4 is 11.8 Å². The molecule has 0 aromatic carbocycles. The average Bonchev–Trinajstić information content (AvgIpc) is 2.63. The number of aryl methyl sites for hydroxylation is 1. The molecule has 1 aromatic rings. The van der Waals surface area contributed by atoms with Crippen molar-refractivity contribution in [2.24, 2.45) is 13.0 Å². The van der Waals surface area contributed by atoms with Crippen LogP contribution in [0.4, 0.5) is 0 Å². The SMILES string of the molecule is Cn1cc(OCC2CCSCC2)cn1. The molecular formula is C10H16N2OS. The van der Waals surface area contributed by atoms with Crippen LogP contribution in [0.15, 0.2) is 12.4 Å². The predicted molar refractivity (Wildman–Crippen MR) is 58.8 cm³/mol. The lowest BCUT2D eigenvalue weighted by molar-refractivity contribution is 0.240. The molecular weight excluding hydrogens is 196 g/mol. The van der Waals surface area contributed by atoms with Crippen LogP contribution in [0.3, 0.4) is 0 Å². The van der Waals surface area contributed by atoms with Gasteiger partial charge in [-0.05, 0) is 30.3 Å². The summed E-state index contributed by atoms with van der Waals surface area (Å²) < 4.78 is 7.44. The van der Waals surface area contributed by atoms with Crippen molar-refractivity contribution in [3.8, 4) is 5.75 Å². The van der Waals surface area contributed by atoms with Crippen molar-refractivity contribution in [2.45, 2.75) is 12.8 Å². The van der Waals surface area contributed by atoms with Crippen molar-refractivity contribution in [3.05, 3.63) is 12.4 Å². The van der Waals surface area contributed by atoms with Gasteiger partial charge in [-0.1, -0.05) is 0 Å². The summed E-state index contributed by atoms with van der Waals surface area (Å²) in [4.78, 5) is 0. The first-order chi connectivity index (χ1) is 6.84. The largest absolute Gasteiger partial charge is 0.490 e. The molecule has 0 radical (unpaired) electrons. The van der Waals surface area contributed by atoms with E-state index < -0.39 is 0 Å². The molecule has 2 rings (SSSR count). The minimum atomic E-state index is 0.747. The summed E-state index contributed by atoms with van der Waals surface area (Å²) in [5, 5.41) is 4.07. The lowest BCUT2D eigenvalue weighted by atomic mass is 10.0. The quantitative estimate of drug-likeness (QED) is 0.766. The van der Waals surface area contributed by atoms with E-state index in [4.69, 9.17) is 4.74 Å². The Kier molecular flexibility index (Phi) is 3.35. The van der Waals surface area contributed by atoms with E-state index in [0.29, 0.717) is 0 Å². The van der Waals surface area contributed by atoms with Crippen molar-refractivity contribution in [2.75, 3.05) is 18.1 Å². The molecule has 4 heteroatoms. The molecule has 0 N–H and O–H groups in total. The van der Waals surface area contributed by atoms with Gasteiger partial charge in [0.05, 0.1) is 19.0 Å². The van der Waals surface area contributed by atoms with Gasteiger partial charge < -0.3 is 4.74 Å². The number of aromatic nitrogens is 2. The van der Waals surface area contributed by atoms with Crippen LogP contribution >= 0.6 is 11.8 Å². The average molecular weight is 212 g/mol. The topological polar surface area (TPSA) is 27.1 Å². The summed E-state index contributed by atoms with van der Waals surface area (Å²) in [6.45, 7) is 0.853. The highest BCUT2D eigenvalue weighted by Gasteiger charge is 2.14. The smallest absolute Gasteiger partial charge is 0.157 e. The Labute approximate surface area is 88.8 Å². The number of rotatable bonds is 3. The normalized spacial score (nSPS) is 18.4. The first-order valence-corrected chi connectivity index (χ1v) is 6.19. The van der Waals surface area contributed by atoms with E-state index in [0.717, 1.165) is 18.3 Å². The van der Waals surface area contributed by atoms with Gasteiger partial charge in [0.2, 0.25) is 0 Å². The van der Waals surface area contributed by atoms with Gasteiger partial charge in [-0.2, -0.15) is 16.9 Å². The third-order valence-corrected chi connectivity index (χ3v) is 3.56. The molecule has 0 saturated carbocycles. The Morgan fingerprint density at radius 1 is 1.57 bits per heavy atom. The highest BCUT2D eigenvalue weighted by molar-refractivity contribution is 7.99. The van der Waals surface area contributed by atoms with E-state index in [9.17, 15) is 0 Å². The van der Waals surface area contributed by atoms with Gasteiger partial charge in [0.15, 0.2) is 5.75 Å². The third-order valence-electron chi connectivity index (χ3n) is 2.51. The zero-order valence-electron chi connectivity index (χ0n) is 8.48. The molecule has 0 bridgehead atoms. The summed E-state index contributed by atoms with van der Waals surface area (Å²) in [5.41, 5.74) is 0. The minimum absolute atomic E-state index is 0.747. The van der Waals surface area contributed by atoms with Crippen molar-refractivity contribution in [3.63, 3.8) is 0 Å². The van der Waals surface area contributed by atoms with Crippen molar-refractivity contribution < 1.29 is 4.74 Å². The van der Waals surface area contributed by atoms with E-state index in [1.54, 1.807) is 10.9 Å². The van der Waals surface area contributed by atoms with E-state index in [1.807, 2.05) is 13.2 Å². The third kappa shape index (κ3) is 2.67. The molecule has 0 amide bonds. The summed E-state index contributed by atoms with van der Waals surface area (Å²) in [7, 11) is 1.91. The summed E-state index contributed by atoms with van der Waals surface area (Å²) in [6.07, 6.45) is 6.28. The predicted octanol–water partition coefficient (Wildman–Crippen LogP) is 1.94. The van der Waals surface area contributed by atoms with E-state index >= 15 is 0 Å². The number of ether oxygens (including phenoxy) is 1. The summed E-state index contributed by atoms with van der Waals surface area (Å²) in [6, 6.07) is 0. The maximum Gasteiger partial charge on any atom is 0.157 e. The highest BCUT2D eigenvalue weighted by Crippen LogP contribution is 2.23.